The minimum absolute atomic E-state index is 0.0425. The first-order chi connectivity index (χ1) is 9.89. The van der Waals surface area contributed by atoms with Crippen LogP contribution in [0.1, 0.15) is 48.0 Å². The summed E-state index contributed by atoms with van der Waals surface area (Å²) in [4.78, 5) is 7.26. The van der Waals surface area contributed by atoms with E-state index < -0.39 is 0 Å². The van der Waals surface area contributed by atoms with Crippen molar-refractivity contribution in [2.75, 3.05) is 32.7 Å². The topological polar surface area (TPSA) is 48.9 Å². The Balaban J connectivity index is 2.63. The maximum atomic E-state index is 5.83. The summed E-state index contributed by atoms with van der Waals surface area (Å²) in [5, 5.41) is 6.67. The first-order valence-corrected chi connectivity index (χ1v) is 8.31. The normalized spacial score (nSPS) is 25.0. The van der Waals surface area contributed by atoms with Gasteiger partial charge < -0.3 is 15.4 Å². The van der Waals surface area contributed by atoms with E-state index in [0.29, 0.717) is 12.2 Å². The van der Waals surface area contributed by atoms with E-state index in [1.807, 2.05) is 0 Å². The standard InChI is InChI=1S/C16H34N4O/c1-7-9-18-15(17-8-2)19-12-16(5,6)20-10-13(3)21-14(4)11-20/h13-14H,7-12H2,1-6H3,(H2,17,18,19). The Morgan fingerprint density at radius 2 is 1.81 bits per heavy atom. The molecule has 2 unspecified atom stereocenters. The van der Waals surface area contributed by atoms with Crippen LogP contribution in [0.15, 0.2) is 4.99 Å². The molecule has 2 atom stereocenters. The fraction of sp³-hybridized carbons (Fsp3) is 0.938. The van der Waals surface area contributed by atoms with E-state index in [9.17, 15) is 0 Å². The molecule has 0 saturated carbocycles. The zero-order valence-corrected chi connectivity index (χ0v) is 14.7. The van der Waals surface area contributed by atoms with Gasteiger partial charge in [0.05, 0.1) is 18.8 Å². The van der Waals surface area contributed by atoms with Crippen LogP contribution in [-0.2, 0) is 4.74 Å². The molecule has 2 N–H and O–H groups in total. The second-order valence-electron chi connectivity index (χ2n) is 6.60. The van der Waals surface area contributed by atoms with Crippen LogP contribution >= 0.6 is 0 Å². The van der Waals surface area contributed by atoms with E-state index >= 15 is 0 Å². The SMILES string of the molecule is CCCNC(=NCC(C)(C)N1CC(C)OC(C)C1)NCC. The van der Waals surface area contributed by atoms with Crippen LogP contribution in [0, 0.1) is 0 Å². The molecule has 0 radical (unpaired) electrons. The highest BCUT2D eigenvalue weighted by Crippen LogP contribution is 2.21. The summed E-state index contributed by atoms with van der Waals surface area (Å²) in [5.41, 5.74) is 0.0425. The van der Waals surface area contributed by atoms with Crippen molar-refractivity contribution < 1.29 is 4.74 Å². The number of guanidine groups is 1. The van der Waals surface area contributed by atoms with Crippen molar-refractivity contribution in [3.8, 4) is 0 Å². The molecule has 0 aromatic carbocycles. The number of hydrogen-bond acceptors (Lipinski definition) is 3. The molecule has 0 aromatic heterocycles. The molecule has 5 heteroatoms. The van der Waals surface area contributed by atoms with Gasteiger partial charge >= 0.3 is 0 Å². The highest BCUT2D eigenvalue weighted by molar-refractivity contribution is 5.79. The summed E-state index contributed by atoms with van der Waals surface area (Å²) in [7, 11) is 0. The van der Waals surface area contributed by atoms with E-state index in [2.05, 4.69) is 57.1 Å². The van der Waals surface area contributed by atoms with E-state index in [1.54, 1.807) is 0 Å². The third-order valence-electron chi connectivity index (χ3n) is 3.79. The van der Waals surface area contributed by atoms with Gasteiger partial charge in [-0.15, -0.1) is 0 Å². The quantitative estimate of drug-likeness (QED) is 0.580. The van der Waals surface area contributed by atoms with Crippen molar-refractivity contribution in [3.05, 3.63) is 0 Å². The third kappa shape index (κ3) is 6.22. The molecular weight excluding hydrogens is 264 g/mol. The van der Waals surface area contributed by atoms with Crippen LogP contribution in [0.2, 0.25) is 0 Å². The molecule has 0 aliphatic carbocycles. The smallest absolute Gasteiger partial charge is 0.191 e. The zero-order valence-electron chi connectivity index (χ0n) is 14.7. The molecule has 1 rings (SSSR count). The van der Waals surface area contributed by atoms with Crippen LogP contribution in [0.25, 0.3) is 0 Å². The van der Waals surface area contributed by atoms with Crippen molar-refractivity contribution in [3.63, 3.8) is 0 Å². The van der Waals surface area contributed by atoms with Crippen LogP contribution < -0.4 is 10.6 Å². The monoisotopic (exact) mass is 298 g/mol. The number of rotatable bonds is 6. The largest absolute Gasteiger partial charge is 0.373 e. The highest BCUT2D eigenvalue weighted by Gasteiger charge is 2.33. The molecule has 0 spiro atoms. The highest BCUT2D eigenvalue weighted by atomic mass is 16.5. The van der Waals surface area contributed by atoms with Crippen molar-refractivity contribution in [1.29, 1.82) is 0 Å². The first-order valence-electron chi connectivity index (χ1n) is 8.31. The van der Waals surface area contributed by atoms with Gasteiger partial charge in [0.2, 0.25) is 0 Å². The van der Waals surface area contributed by atoms with Gasteiger partial charge in [0.1, 0.15) is 0 Å². The van der Waals surface area contributed by atoms with E-state index in [1.165, 1.54) is 0 Å². The van der Waals surface area contributed by atoms with Crippen molar-refractivity contribution >= 4 is 5.96 Å². The fourth-order valence-electron chi connectivity index (χ4n) is 2.63. The lowest BCUT2D eigenvalue weighted by Gasteiger charge is -2.44. The molecule has 0 amide bonds. The predicted molar refractivity (Wildman–Crippen MR) is 89.9 cm³/mol. The lowest BCUT2D eigenvalue weighted by Crippen LogP contribution is -2.56. The first kappa shape index (κ1) is 18.2. The van der Waals surface area contributed by atoms with E-state index in [-0.39, 0.29) is 5.54 Å². The number of nitrogens with zero attached hydrogens (tertiary/aromatic N) is 2. The van der Waals surface area contributed by atoms with Gasteiger partial charge in [0, 0.05) is 31.7 Å². The molecule has 0 bridgehead atoms. The van der Waals surface area contributed by atoms with Gasteiger partial charge in [-0.25, -0.2) is 0 Å². The zero-order chi connectivity index (χ0) is 15.9. The number of hydrogen-bond donors (Lipinski definition) is 2. The molecule has 21 heavy (non-hydrogen) atoms. The average Bonchev–Trinajstić information content (AvgIpc) is 2.41. The van der Waals surface area contributed by atoms with Gasteiger partial charge in [0.25, 0.3) is 0 Å². The maximum absolute atomic E-state index is 5.83. The van der Waals surface area contributed by atoms with Crippen molar-refractivity contribution in [1.82, 2.24) is 15.5 Å². The molecule has 1 fully saturated rings. The Morgan fingerprint density at radius 3 is 2.33 bits per heavy atom. The van der Waals surface area contributed by atoms with Gasteiger partial charge in [-0.3, -0.25) is 9.89 Å². The average molecular weight is 298 g/mol. The molecule has 0 aromatic rings. The minimum Gasteiger partial charge on any atom is -0.373 e. The molecular formula is C16H34N4O. The third-order valence-corrected chi connectivity index (χ3v) is 3.79. The molecule has 5 nitrogen and oxygen atoms in total. The summed E-state index contributed by atoms with van der Waals surface area (Å²) in [6.07, 6.45) is 1.69. The summed E-state index contributed by atoms with van der Waals surface area (Å²) in [5.74, 6) is 0.918. The van der Waals surface area contributed by atoms with Crippen molar-refractivity contribution in [2.45, 2.75) is 65.7 Å². The Hall–Kier alpha value is -0.810. The molecule has 1 aliphatic heterocycles. The molecule has 1 heterocycles. The number of aliphatic imine (C=N–C) groups is 1. The summed E-state index contributed by atoms with van der Waals surface area (Å²) in [6.45, 7) is 17.7. The maximum Gasteiger partial charge on any atom is 0.191 e. The number of ether oxygens (including phenoxy) is 1. The van der Waals surface area contributed by atoms with Crippen LogP contribution in [0.5, 0.6) is 0 Å². The van der Waals surface area contributed by atoms with E-state index in [0.717, 1.165) is 45.1 Å². The summed E-state index contributed by atoms with van der Waals surface area (Å²) >= 11 is 0. The van der Waals surface area contributed by atoms with E-state index in [4.69, 9.17) is 9.73 Å². The minimum atomic E-state index is 0.0425. The van der Waals surface area contributed by atoms with Crippen molar-refractivity contribution in [2.24, 2.45) is 4.99 Å². The van der Waals surface area contributed by atoms with Crippen LogP contribution in [0.3, 0.4) is 0 Å². The Kier molecular flexibility index (Phi) is 7.46. The number of nitrogens with one attached hydrogen (secondary N) is 2. The molecule has 1 aliphatic rings. The second kappa shape index (κ2) is 8.59. The van der Waals surface area contributed by atoms with Crippen LogP contribution in [0.4, 0.5) is 0 Å². The molecule has 124 valence electrons. The van der Waals surface area contributed by atoms with Gasteiger partial charge in [-0.1, -0.05) is 6.92 Å². The van der Waals surface area contributed by atoms with Gasteiger partial charge in [-0.2, -0.15) is 0 Å². The summed E-state index contributed by atoms with van der Waals surface area (Å²) < 4.78 is 5.83. The lowest BCUT2D eigenvalue weighted by atomic mass is 10.0. The molecule has 1 saturated heterocycles. The Bertz CT molecular complexity index is 320. The lowest BCUT2D eigenvalue weighted by molar-refractivity contribution is -0.0939. The summed E-state index contributed by atoms with van der Waals surface area (Å²) in [6, 6.07) is 0. The van der Waals surface area contributed by atoms with Crippen LogP contribution in [-0.4, -0.2) is 61.3 Å². The fourth-order valence-corrected chi connectivity index (χ4v) is 2.63. The van der Waals surface area contributed by atoms with Gasteiger partial charge in [-0.05, 0) is 41.0 Å². The predicted octanol–water partition coefficient (Wildman–Crippen LogP) is 1.84. The van der Waals surface area contributed by atoms with Gasteiger partial charge in [0.15, 0.2) is 5.96 Å². The number of morpholine rings is 1. The Morgan fingerprint density at radius 1 is 1.19 bits per heavy atom. The second-order valence-corrected chi connectivity index (χ2v) is 6.60. The Labute approximate surface area is 130 Å².